The molecular weight excluding hydrogens is 274 g/mol. The van der Waals surface area contributed by atoms with Gasteiger partial charge in [-0.3, -0.25) is 0 Å². The zero-order valence-corrected chi connectivity index (χ0v) is 12.1. The maximum atomic E-state index is 12.8. The Balaban J connectivity index is 2.40. The van der Waals surface area contributed by atoms with Gasteiger partial charge in [0.15, 0.2) is 0 Å². The fraction of sp³-hybridized carbons (Fsp3) is 0.500. The second kappa shape index (κ2) is 6.35. The van der Waals surface area contributed by atoms with E-state index in [1.807, 2.05) is 6.07 Å². The first kappa shape index (κ1) is 15.0. The minimum Gasteiger partial charge on any atom is -0.330 e. The van der Waals surface area contributed by atoms with E-state index in [2.05, 4.69) is 0 Å². The van der Waals surface area contributed by atoms with Crippen molar-refractivity contribution in [2.45, 2.75) is 36.6 Å². The number of hydrogen-bond acceptors (Lipinski definition) is 4. The van der Waals surface area contributed by atoms with Gasteiger partial charge in [-0.05, 0) is 37.9 Å². The summed E-state index contributed by atoms with van der Waals surface area (Å²) < 4.78 is 27.1. The van der Waals surface area contributed by atoms with Crippen LogP contribution in [0.4, 0.5) is 0 Å². The highest BCUT2D eigenvalue weighted by Crippen LogP contribution is 2.28. The molecule has 0 aromatic heterocycles. The molecule has 0 spiro atoms. The SMILES string of the molecule is N#Cc1ccccc1S(=O)(=O)N1CCCCC1CCN. The molecule has 6 heteroatoms. The van der Waals surface area contributed by atoms with Crippen molar-refractivity contribution in [3.63, 3.8) is 0 Å². The number of nitrogens with zero attached hydrogens (tertiary/aromatic N) is 2. The number of nitriles is 1. The van der Waals surface area contributed by atoms with Crippen LogP contribution in [0.5, 0.6) is 0 Å². The van der Waals surface area contributed by atoms with Crippen LogP contribution in [0, 0.1) is 11.3 Å². The van der Waals surface area contributed by atoms with Crippen LogP contribution in [0.25, 0.3) is 0 Å². The highest BCUT2D eigenvalue weighted by Gasteiger charge is 2.34. The van der Waals surface area contributed by atoms with Crippen molar-refractivity contribution in [2.75, 3.05) is 13.1 Å². The quantitative estimate of drug-likeness (QED) is 0.910. The van der Waals surface area contributed by atoms with E-state index in [0.717, 1.165) is 19.3 Å². The van der Waals surface area contributed by atoms with Gasteiger partial charge < -0.3 is 5.73 Å². The molecule has 1 heterocycles. The monoisotopic (exact) mass is 293 g/mol. The predicted octanol–water partition coefficient (Wildman–Crippen LogP) is 1.45. The van der Waals surface area contributed by atoms with Gasteiger partial charge in [0.2, 0.25) is 10.0 Å². The van der Waals surface area contributed by atoms with E-state index in [9.17, 15) is 8.42 Å². The van der Waals surface area contributed by atoms with E-state index in [-0.39, 0.29) is 16.5 Å². The molecular formula is C14H19N3O2S. The largest absolute Gasteiger partial charge is 0.330 e. The van der Waals surface area contributed by atoms with E-state index in [4.69, 9.17) is 11.0 Å². The lowest BCUT2D eigenvalue weighted by Gasteiger charge is -2.34. The Kier molecular flexibility index (Phi) is 4.76. The standard InChI is InChI=1S/C14H19N3O2S/c15-9-8-13-6-3-4-10-17(13)20(18,19)14-7-2-1-5-12(14)11-16/h1-2,5,7,13H,3-4,6,8-10,15H2. The predicted molar refractivity (Wildman–Crippen MR) is 76.4 cm³/mol. The van der Waals surface area contributed by atoms with Crippen molar-refractivity contribution in [3.05, 3.63) is 29.8 Å². The molecule has 20 heavy (non-hydrogen) atoms. The molecule has 0 radical (unpaired) electrons. The molecule has 1 fully saturated rings. The van der Waals surface area contributed by atoms with Crippen molar-refractivity contribution < 1.29 is 8.42 Å². The molecule has 108 valence electrons. The molecule has 1 unspecified atom stereocenters. The Morgan fingerprint density at radius 1 is 1.35 bits per heavy atom. The van der Waals surface area contributed by atoms with Crippen molar-refractivity contribution in [1.29, 1.82) is 5.26 Å². The van der Waals surface area contributed by atoms with Crippen LogP contribution in [0.3, 0.4) is 0 Å². The first-order chi connectivity index (χ1) is 9.61. The fourth-order valence-electron chi connectivity index (χ4n) is 2.68. The third-order valence-corrected chi connectivity index (χ3v) is 5.68. The maximum absolute atomic E-state index is 12.8. The summed E-state index contributed by atoms with van der Waals surface area (Å²) in [5.74, 6) is 0. The first-order valence-corrected chi connectivity index (χ1v) is 8.26. The number of sulfonamides is 1. The van der Waals surface area contributed by atoms with Gasteiger partial charge in [-0.25, -0.2) is 8.42 Å². The average Bonchev–Trinajstić information content (AvgIpc) is 2.48. The molecule has 0 saturated carbocycles. The molecule has 0 aliphatic carbocycles. The van der Waals surface area contributed by atoms with Gasteiger partial charge in [-0.1, -0.05) is 18.6 Å². The maximum Gasteiger partial charge on any atom is 0.244 e. The van der Waals surface area contributed by atoms with Gasteiger partial charge in [0.05, 0.1) is 10.5 Å². The van der Waals surface area contributed by atoms with E-state index < -0.39 is 10.0 Å². The van der Waals surface area contributed by atoms with E-state index in [1.165, 1.54) is 16.4 Å². The zero-order valence-electron chi connectivity index (χ0n) is 11.3. The van der Waals surface area contributed by atoms with Crippen LogP contribution >= 0.6 is 0 Å². The highest BCUT2D eigenvalue weighted by atomic mass is 32.2. The minimum atomic E-state index is -3.62. The Hall–Kier alpha value is -1.42. The van der Waals surface area contributed by atoms with Gasteiger partial charge in [-0.15, -0.1) is 0 Å². The average molecular weight is 293 g/mol. The molecule has 1 saturated heterocycles. The molecule has 2 rings (SSSR count). The Morgan fingerprint density at radius 3 is 2.80 bits per heavy atom. The number of piperidine rings is 1. The molecule has 1 aromatic carbocycles. The number of nitrogens with two attached hydrogens (primary N) is 1. The number of hydrogen-bond donors (Lipinski definition) is 1. The summed E-state index contributed by atoms with van der Waals surface area (Å²) in [5.41, 5.74) is 5.78. The van der Waals surface area contributed by atoms with Crippen molar-refractivity contribution in [2.24, 2.45) is 5.73 Å². The molecule has 0 bridgehead atoms. The molecule has 0 amide bonds. The second-order valence-electron chi connectivity index (χ2n) is 4.95. The summed E-state index contributed by atoms with van der Waals surface area (Å²) in [6, 6.07) is 8.27. The lowest BCUT2D eigenvalue weighted by Crippen LogP contribution is -2.44. The minimum absolute atomic E-state index is 0.0505. The second-order valence-corrected chi connectivity index (χ2v) is 6.81. The van der Waals surface area contributed by atoms with Crippen molar-refractivity contribution in [1.82, 2.24) is 4.31 Å². The topological polar surface area (TPSA) is 87.2 Å². The summed E-state index contributed by atoms with van der Waals surface area (Å²) in [5, 5.41) is 9.10. The first-order valence-electron chi connectivity index (χ1n) is 6.82. The van der Waals surface area contributed by atoms with E-state index >= 15 is 0 Å². The molecule has 2 N–H and O–H groups in total. The van der Waals surface area contributed by atoms with Gasteiger partial charge >= 0.3 is 0 Å². The lowest BCUT2D eigenvalue weighted by atomic mass is 10.0. The summed E-state index contributed by atoms with van der Waals surface area (Å²) in [7, 11) is -3.62. The number of benzene rings is 1. The van der Waals surface area contributed by atoms with Crippen LogP contribution in [-0.4, -0.2) is 31.9 Å². The van der Waals surface area contributed by atoms with Crippen LogP contribution in [0.1, 0.15) is 31.2 Å². The van der Waals surface area contributed by atoms with Crippen molar-refractivity contribution >= 4 is 10.0 Å². The summed E-state index contributed by atoms with van der Waals surface area (Å²) in [6.07, 6.45) is 3.38. The summed E-state index contributed by atoms with van der Waals surface area (Å²) >= 11 is 0. The van der Waals surface area contributed by atoms with Crippen LogP contribution in [0.2, 0.25) is 0 Å². The van der Waals surface area contributed by atoms with Gasteiger partial charge in [-0.2, -0.15) is 9.57 Å². The van der Waals surface area contributed by atoms with E-state index in [0.29, 0.717) is 19.5 Å². The third kappa shape index (κ3) is 2.85. The lowest BCUT2D eigenvalue weighted by molar-refractivity contribution is 0.243. The Morgan fingerprint density at radius 2 is 2.10 bits per heavy atom. The zero-order chi connectivity index (χ0) is 14.6. The summed E-state index contributed by atoms with van der Waals surface area (Å²) in [4.78, 5) is 0.103. The number of rotatable bonds is 4. The van der Waals surface area contributed by atoms with Gasteiger partial charge in [0.25, 0.3) is 0 Å². The van der Waals surface area contributed by atoms with Crippen LogP contribution in [-0.2, 0) is 10.0 Å². The molecule has 1 aliphatic rings. The Labute approximate surface area is 120 Å². The van der Waals surface area contributed by atoms with E-state index in [1.54, 1.807) is 12.1 Å². The Bertz CT molecular complexity index is 605. The van der Waals surface area contributed by atoms with Crippen LogP contribution < -0.4 is 5.73 Å². The normalized spacial score (nSPS) is 20.5. The molecule has 1 aromatic rings. The fourth-order valence-corrected chi connectivity index (χ4v) is 4.55. The molecule has 1 atom stereocenters. The third-order valence-electron chi connectivity index (χ3n) is 3.67. The van der Waals surface area contributed by atoms with Gasteiger partial charge in [0, 0.05) is 12.6 Å². The van der Waals surface area contributed by atoms with Gasteiger partial charge in [0.1, 0.15) is 6.07 Å². The van der Waals surface area contributed by atoms with Crippen molar-refractivity contribution in [3.8, 4) is 6.07 Å². The molecule has 1 aliphatic heterocycles. The smallest absolute Gasteiger partial charge is 0.244 e. The molecule has 5 nitrogen and oxygen atoms in total. The van der Waals surface area contributed by atoms with Crippen LogP contribution in [0.15, 0.2) is 29.2 Å². The highest BCUT2D eigenvalue weighted by molar-refractivity contribution is 7.89. The summed E-state index contributed by atoms with van der Waals surface area (Å²) in [6.45, 7) is 0.976.